The minimum Gasteiger partial charge on any atom is -0.309 e. The molecule has 0 aliphatic heterocycles. The first kappa shape index (κ1) is 22.8. The van der Waals surface area contributed by atoms with E-state index in [9.17, 15) is 5.26 Å². The van der Waals surface area contributed by atoms with Gasteiger partial charge in [0, 0.05) is 16.5 Å². The molecule has 0 aliphatic rings. The van der Waals surface area contributed by atoms with Crippen molar-refractivity contribution in [1.82, 2.24) is 4.57 Å². The fourth-order valence-corrected chi connectivity index (χ4v) is 5.56. The molecular weight excluding hydrogens is 472 g/mol. The van der Waals surface area contributed by atoms with Crippen LogP contribution in [0.2, 0.25) is 0 Å². The highest BCUT2D eigenvalue weighted by molar-refractivity contribution is 6.09. The lowest BCUT2D eigenvalue weighted by molar-refractivity contribution is 1.18. The van der Waals surface area contributed by atoms with Gasteiger partial charge in [-0.05, 0) is 75.8 Å². The van der Waals surface area contributed by atoms with Crippen LogP contribution in [0.1, 0.15) is 5.56 Å². The second kappa shape index (κ2) is 9.49. The Kier molecular flexibility index (Phi) is 5.54. The van der Waals surface area contributed by atoms with Crippen molar-refractivity contribution >= 4 is 21.8 Å². The van der Waals surface area contributed by atoms with Gasteiger partial charge in [0.1, 0.15) is 0 Å². The molecule has 0 bridgehead atoms. The van der Waals surface area contributed by atoms with Gasteiger partial charge in [-0.15, -0.1) is 0 Å². The molecule has 2 heteroatoms. The van der Waals surface area contributed by atoms with Crippen LogP contribution in [0.4, 0.5) is 0 Å². The number of fused-ring (bicyclic) bond motifs is 3. The summed E-state index contributed by atoms with van der Waals surface area (Å²) in [6, 6.07) is 53.2. The van der Waals surface area contributed by atoms with E-state index in [4.69, 9.17) is 0 Å². The highest BCUT2D eigenvalue weighted by atomic mass is 15.0. The second-order valence-electron chi connectivity index (χ2n) is 9.78. The fourth-order valence-electron chi connectivity index (χ4n) is 5.56. The lowest BCUT2D eigenvalue weighted by Crippen LogP contribution is -1.96. The average Bonchev–Trinajstić information content (AvgIpc) is 3.36. The molecule has 0 radical (unpaired) electrons. The quantitative estimate of drug-likeness (QED) is 0.238. The Morgan fingerprint density at radius 1 is 0.410 bits per heavy atom. The summed E-state index contributed by atoms with van der Waals surface area (Å²) in [5.74, 6) is 0. The van der Waals surface area contributed by atoms with E-state index in [1.165, 1.54) is 21.9 Å². The van der Waals surface area contributed by atoms with E-state index >= 15 is 0 Å². The van der Waals surface area contributed by atoms with Crippen LogP contribution in [0.3, 0.4) is 0 Å². The number of para-hydroxylation sites is 2. The van der Waals surface area contributed by atoms with Gasteiger partial charge in [-0.2, -0.15) is 5.26 Å². The molecule has 6 aromatic carbocycles. The summed E-state index contributed by atoms with van der Waals surface area (Å²) in [4.78, 5) is 0. The Labute approximate surface area is 227 Å². The number of aromatic nitrogens is 1. The molecule has 0 fully saturated rings. The standard InChI is InChI=1S/C37H24N2/c38-25-26-20-32(24-33(21-26)39-36-18-6-4-16-34(36)35-17-5-7-19-37(35)39)31-15-9-14-30(23-31)29-13-8-12-28(22-29)27-10-2-1-3-11-27/h1-24H. The topological polar surface area (TPSA) is 28.7 Å². The van der Waals surface area contributed by atoms with E-state index in [0.717, 1.165) is 39.0 Å². The molecule has 0 atom stereocenters. The molecule has 0 saturated carbocycles. The molecule has 0 spiro atoms. The summed E-state index contributed by atoms with van der Waals surface area (Å²) in [6.45, 7) is 0. The van der Waals surface area contributed by atoms with Crippen molar-refractivity contribution in [1.29, 1.82) is 5.26 Å². The van der Waals surface area contributed by atoms with E-state index < -0.39 is 0 Å². The van der Waals surface area contributed by atoms with Gasteiger partial charge in [0.2, 0.25) is 0 Å². The fraction of sp³-hybridized carbons (Fsp3) is 0. The van der Waals surface area contributed by atoms with Crippen molar-refractivity contribution in [3.05, 3.63) is 151 Å². The van der Waals surface area contributed by atoms with Crippen LogP contribution in [-0.4, -0.2) is 4.57 Å². The molecule has 39 heavy (non-hydrogen) atoms. The molecule has 2 nitrogen and oxygen atoms in total. The molecule has 0 saturated heterocycles. The molecule has 0 amide bonds. The van der Waals surface area contributed by atoms with Crippen LogP contribution in [-0.2, 0) is 0 Å². The molecule has 1 aromatic heterocycles. The highest BCUT2D eigenvalue weighted by Crippen LogP contribution is 2.35. The van der Waals surface area contributed by atoms with Gasteiger partial charge in [-0.1, -0.05) is 103 Å². The number of rotatable bonds is 4. The number of benzene rings is 6. The summed E-state index contributed by atoms with van der Waals surface area (Å²) in [5.41, 5.74) is 10.7. The van der Waals surface area contributed by atoms with Crippen molar-refractivity contribution in [2.75, 3.05) is 0 Å². The molecule has 7 rings (SSSR count). The van der Waals surface area contributed by atoms with Crippen LogP contribution in [0.25, 0.3) is 60.9 Å². The molecule has 1 heterocycles. The van der Waals surface area contributed by atoms with E-state index in [1.54, 1.807) is 0 Å². The SMILES string of the molecule is N#Cc1cc(-c2cccc(-c3cccc(-c4ccccc4)c3)c2)cc(-n2c3ccccc3c3ccccc32)c1. The number of hydrogen-bond donors (Lipinski definition) is 0. The van der Waals surface area contributed by atoms with Crippen LogP contribution >= 0.6 is 0 Å². The van der Waals surface area contributed by atoms with Gasteiger partial charge >= 0.3 is 0 Å². The van der Waals surface area contributed by atoms with Crippen molar-refractivity contribution < 1.29 is 0 Å². The van der Waals surface area contributed by atoms with E-state index in [2.05, 4.69) is 138 Å². The zero-order valence-corrected chi connectivity index (χ0v) is 21.3. The van der Waals surface area contributed by atoms with Crippen LogP contribution in [0, 0.1) is 11.3 Å². The summed E-state index contributed by atoms with van der Waals surface area (Å²) in [7, 11) is 0. The van der Waals surface area contributed by atoms with Gasteiger partial charge in [-0.3, -0.25) is 0 Å². The lowest BCUT2D eigenvalue weighted by Gasteiger charge is -2.12. The van der Waals surface area contributed by atoms with Crippen LogP contribution in [0.15, 0.2) is 146 Å². The lowest BCUT2D eigenvalue weighted by atomic mass is 9.95. The zero-order chi connectivity index (χ0) is 26.2. The molecular formula is C37H24N2. The summed E-state index contributed by atoms with van der Waals surface area (Å²) in [6.07, 6.45) is 0. The highest BCUT2D eigenvalue weighted by Gasteiger charge is 2.14. The molecule has 0 aliphatic carbocycles. The van der Waals surface area contributed by atoms with Crippen molar-refractivity contribution in [2.45, 2.75) is 0 Å². The summed E-state index contributed by atoms with van der Waals surface area (Å²) in [5, 5.41) is 12.4. The largest absolute Gasteiger partial charge is 0.309 e. The smallest absolute Gasteiger partial charge is 0.0992 e. The van der Waals surface area contributed by atoms with Gasteiger partial charge in [0.05, 0.1) is 22.7 Å². The first-order valence-electron chi connectivity index (χ1n) is 13.1. The van der Waals surface area contributed by atoms with E-state index in [-0.39, 0.29) is 0 Å². The minimum absolute atomic E-state index is 0.640. The first-order chi connectivity index (χ1) is 19.3. The van der Waals surface area contributed by atoms with E-state index in [1.807, 2.05) is 18.2 Å². The van der Waals surface area contributed by atoms with Crippen molar-refractivity contribution in [2.24, 2.45) is 0 Å². The van der Waals surface area contributed by atoms with Gasteiger partial charge in [0.15, 0.2) is 0 Å². The van der Waals surface area contributed by atoms with Gasteiger partial charge < -0.3 is 4.57 Å². The van der Waals surface area contributed by atoms with Crippen molar-refractivity contribution in [3.63, 3.8) is 0 Å². The predicted octanol–water partition coefficient (Wildman–Crippen LogP) is 9.66. The van der Waals surface area contributed by atoms with Crippen LogP contribution < -0.4 is 0 Å². The van der Waals surface area contributed by atoms with Gasteiger partial charge in [-0.25, -0.2) is 0 Å². The second-order valence-corrected chi connectivity index (χ2v) is 9.78. The third-order valence-electron chi connectivity index (χ3n) is 7.38. The maximum absolute atomic E-state index is 9.97. The number of nitriles is 1. The number of hydrogen-bond acceptors (Lipinski definition) is 1. The minimum atomic E-state index is 0.640. The molecule has 182 valence electrons. The Hall–Kier alpha value is -5.39. The maximum Gasteiger partial charge on any atom is 0.0992 e. The molecule has 7 aromatic rings. The normalized spacial score (nSPS) is 11.1. The Bertz CT molecular complexity index is 1970. The third-order valence-corrected chi connectivity index (χ3v) is 7.38. The summed E-state index contributed by atoms with van der Waals surface area (Å²) >= 11 is 0. The third kappa shape index (κ3) is 4.07. The predicted molar refractivity (Wildman–Crippen MR) is 162 cm³/mol. The maximum atomic E-state index is 9.97. The Morgan fingerprint density at radius 3 is 1.49 bits per heavy atom. The summed E-state index contributed by atoms with van der Waals surface area (Å²) < 4.78 is 2.27. The van der Waals surface area contributed by atoms with Crippen molar-refractivity contribution in [3.8, 4) is 45.1 Å². The molecule has 0 unspecified atom stereocenters. The van der Waals surface area contributed by atoms with E-state index in [0.29, 0.717) is 5.56 Å². The monoisotopic (exact) mass is 496 g/mol. The number of nitrogens with zero attached hydrogens (tertiary/aromatic N) is 2. The van der Waals surface area contributed by atoms with Gasteiger partial charge in [0.25, 0.3) is 0 Å². The molecule has 0 N–H and O–H groups in total. The Balaban J connectivity index is 1.37. The van der Waals surface area contributed by atoms with Crippen LogP contribution in [0.5, 0.6) is 0 Å². The first-order valence-corrected chi connectivity index (χ1v) is 13.1. The average molecular weight is 497 g/mol. The zero-order valence-electron chi connectivity index (χ0n) is 21.3. The Morgan fingerprint density at radius 2 is 0.897 bits per heavy atom.